The first kappa shape index (κ1) is 9.80. The lowest BCUT2D eigenvalue weighted by molar-refractivity contribution is -0.137. The minimum atomic E-state index is -2.76. The summed E-state index contributed by atoms with van der Waals surface area (Å²) in [5.41, 5.74) is 1.13. The largest absolute Gasteiger partial charge is 0.345 e. The molecule has 4 heteroatoms. The Morgan fingerprint density at radius 3 is 2.38 bits per heavy atom. The van der Waals surface area contributed by atoms with Gasteiger partial charge in [0, 0.05) is 5.56 Å². The molecule has 13 heavy (non-hydrogen) atoms. The maximum absolute atomic E-state index is 11.6. The highest BCUT2D eigenvalue weighted by molar-refractivity contribution is 5.74. The fraction of sp³-hybridized carbons (Fsp3) is 0.222. The van der Waals surface area contributed by atoms with E-state index in [1.54, 1.807) is 24.3 Å². The Hall–Kier alpha value is -1.29. The highest BCUT2D eigenvalue weighted by Crippen LogP contribution is 2.06. The van der Waals surface area contributed by atoms with Crippen LogP contribution in [0.1, 0.15) is 15.9 Å². The van der Waals surface area contributed by atoms with Crippen LogP contribution >= 0.6 is 0 Å². The summed E-state index contributed by atoms with van der Waals surface area (Å²) in [6.07, 6.45) is 0.692. The molecule has 0 spiro atoms. The number of alkyl halides is 2. The van der Waals surface area contributed by atoms with Gasteiger partial charge in [0.1, 0.15) is 6.29 Å². The molecule has 0 N–H and O–H groups in total. The molecule has 0 fully saturated rings. The van der Waals surface area contributed by atoms with E-state index >= 15 is 0 Å². The van der Waals surface area contributed by atoms with Crippen LogP contribution in [0.15, 0.2) is 24.3 Å². The zero-order chi connectivity index (χ0) is 9.68. The molecule has 0 aliphatic carbocycles. The van der Waals surface area contributed by atoms with Crippen LogP contribution in [0, 0.1) is 0 Å². The minimum absolute atomic E-state index is 0.142. The van der Waals surface area contributed by atoms with Gasteiger partial charge in [-0.05, 0) is 5.56 Å². The summed E-state index contributed by atoms with van der Waals surface area (Å²) in [6, 6.07) is 6.26. The Bertz CT molecular complexity index is 269. The molecule has 0 unspecified atom stereocenters. The van der Waals surface area contributed by atoms with Crippen molar-refractivity contribution in [3.05, 3.63) is 35.4 Å². The number of ether oxygens (including phenoxy) is 1. The molecular weight excluding hydrogens is 178 g/mol. The number of halogens is 2. The second kappa shape index (κ2) is 4.67. The zero-order valence-electron chi connectivity index (χ0n) is 6.74. The number of rotatable bonds is 4. The summed E-state index contributed by atoms with van der Waals surface area (Å²) in [6.45, 7) is -2.90. The average Bonchev–Trinajstić information content (AvgIpc) is 2.15. The lowest BCUT2D eigenvalue weighted by atomic mass is 10.2. The second-order valence-electron chi connectivity index (χ2n) is 2.43. The van der Waals surface area contributed by atoms with Crippen molar-refractivity contribution in [1.29, 1.82) is 0 Å². The van der Waals surface area contributed by atoms with Crippen LogP contribution in [0.25, 0.3) is 0 Å². The van der Waals surface area contributed by atoms with Gasteiger partial charge in [0.25, 0.3) is 0 Å². The molecule has 0 saturated carbocycles. The van der Waals surface area contributed by atoms with E-state index in [2.05, 4.69) is 4.74 Å². The molecule has 0 aliphatic rings. The van der Waals surface area contributed by atoms with Gasteiger partial charge in [-0.1, -0.05) is 24.3 Å². The molecule has 0 aromatic heterocycles. The predicted molar refractivity (Wildman–Crippen MR) is 42.6 cm³/mol. The molecule has 0 bridgehead atoms. The van der Waals surface area contributed by atoms with Crippen molar-refractivity contribution in [3.8, 4) is 0 Å². The normalized spacial score (nSPS) is 10.4. The van der Waals surface area contributed by atoms with Gasteiger partial charge in [0.15, 0.2) is 0 Å². The van der Waals surface area contributed by atoms with Crippen molar-refractivity contribution in [3.63, 3.8) is 0 Å². The molecule has 70 valence electrons. The number of carbonyl (C=O) groups is 1. The van der Waals surface area contributed by atoms with Crippen LogP contribution in [0.4, 0.5) is 8.78 Å². The quantitative estimate of drug-likeness (QED) is 0.674. The summed E-state index contributed by atoms with van der Waals surface area (Å²) in [5.74, 6) is 0. The first-order chi connectivity index (χ1) is 6.22. The third-order valence-corrected chi connectivity index (χ3v) is 1.49. The van der Waals surface area contributed by atoms with Gasteiger partial charge in [-0.3, -0.25) is 4.79 Å². The highest BCUT2D eigenvalue weighted by Gasteiger charge is 2.01. The van der Waals surface area contributed by atoms with E-state index in [0.717, 1.165) is 0 Å². The van der Waals surface area contributed by atoms with Crippen LogP contribution in [0.2, 0.25) is 0 Å². The third-order valence-electron chi connectivity index (χ3n) is 1.49. The monoisotopic (exact) mass is 186 g/mol. The standard InChI is InChI=1S/C9H8F2O2/c10-9(11)13-6-8-3-1-7(5-12)2-4-8/h1-5,9H,6H2. The van der Waals surface area contributed by atoms with E-state index in [1.807, 2.05) is 0 Å². The van der Waals surface area contributed by atoms with Crippen molar-refractivity contribution in [2.45, 2.75) is 13.2 Å². The van der Waals surface area contributed by atoms with Gasteiger partial charge in [0.2, 0.25) is 0 Å². The number of carbonyl (C=O) groups excluding carboxylic acids is 1. The molecule has 0 saturated heterocycles. The minimum Gasteiger partial charge on any atom is -0.318 e. The van der Waals surface area contributed by atoms with Crippen LogP contribution in [0.3, 0.4) is 0 Å². The van der Waals surface area contributed by atoms with Crippen molar-refractivity contribution in [2.24, 2.45) is 0 Å². The molecule has 1 rings (SSSR count). The first-order valence-electron chi connectivity index (χ1n) is 3.66. The van der Waals surface area contributed by atoms with Crippen molar-refractivity contribution >= 4 is 6.29 Å². The van der Waals surface area contributed by atoms with Gasteiger partial charge < -0.3 is 4.74 Å². The summed E-state index contributed by atoms with van der Waals surface area (Å²) in [7, 11) is 0. The average molecular weight is 186 g/mol. The van der Waals surface area contributed by atoms with E-state index in [4.69, 9.17) is 0 Å². The van der Waals surface area contributed by atoms with Crippen molar-refractivity contribution < 1.29 is 18.3 Å². The Morgan fingerprint density at radius 2 is 1.92 bits per heavy atom. The number of hydrogen-bond donors (Lipinski definition) is 0. The SMILES string of the molecule is O=Cc1ccc(COC(F)F)cc1. The van der Waals surface area contributed by atoms with Crippen LogP contribution in [0.5, 0.6) is 0 Å². The number of benzene rings is 1. The summed E-state index contributed by atoms with van der Waals surface area (Å²) < 4.78 is 27.3. The highest BCUT2D eigenvalue weighted by atomic mass is 19.3. The molecule has 1 aromatic carbocycles. The van der Waals surface area contributed by atoms with Gasteiger partial charge in [-0.15, -0.1) is 0 Å². The van der Waals surface area contributed by atoms with Gasteiger partial charge in [-0.2, -0.15) is 8.78 Å². The molecule has 0 radical (unpaired) electrons. The summed E-state index contributed by atoms with van der Waals surface area (Å²) in [4.78, 5) is 10.2. The molecular formula is C9H8F2O2. The number of aldehydes is 1. The Balaban J connectivity index is 2.54. The molecule has 0 heterocycles. The van der Waals surface area contributed by atoms with E-state index < -0.39 is 6.61 Å². The maximum atomic E-state index is 11.6. The lowest BCUT2D eigenvalue weighted by Crippen LogP contribution is -1.98. The number of hydrogen-bond acceptors (Lipinski definition) is 2. The molecule has 1 aromatic rings. The second-order valence-corrected chi connectivity index (χ2v) is 2.43. The Kier molecular flexibility index (Phi) is 3.52. The fourth-order valence-electron chi connectivity index (χ4n) is 0.852. The van der Waals surface area contributed by atoms with Crippen LogP contribution < -0.4 is 0 Å². The fourth-order valence-corrected chi connectivity index (χ4v) is 0.852. The van der Waals surface area contributed by atoms with E-state index in [1.165, 1.54) is 0 Å². The topological polar surface area (TPSA) is 26.3 Å². The Morgan fingerprint density at radius 1 is 1.31 bits per heavy atom. The van der Waals surface area contributed by atoms with Crippen molar-refractivity contribution in [2.75, 3.05) is 0 Å². The Labute approximate surface area is 74.1 Å². The lowest BCUT2D eigenvalue weighted by Gasteiger charge is -2.02. The first-order valence-corrected chi connectivity index (χ1v) is 3.66. The molecule has 0 atom stereocenters. The van der Waals surface area contributed by atoms with E-state index in [0.29, 0.717) is 17.4 Å². The van der Waals surface area contributed by atoms with Gasteiger partial charge in [-0.25, -0.2) is 0 Å². The van der Waals surface area contributed by atoms with Crippen molar-refractivity contribution in [1.82, 2.24) is 0 Å². The smallest absolute Gasteiger partial charge is 0.318 e. The van der Waals surface area contributed by atoms with Gasteiger partial charge >= 0.3 is 6.61 Å². The van der Waals surface area contributed by atoms with Crippen LogP contribution in [-0.4, -0.2) is 12.9 Å². The zero-order valence-corrected chi connectivity index (χ0v) is 6.74. The molecule has 2 nitrogen and oxygen atoms in total. The van der Waals surface area contributed by atoms with Crippen LogP contribution in [-0.2, 0) is 11.3 Å². The summed E-state index contributed by atoms with van der Waals surface area (Å²) >= 11 is 0. The summed E-state index contributed by atoms with van der Waals surface area (Å²) in [5, 5.41) is 0. The van der Waals surface area contributed by atoms with E-state index in [-0.39, 0.29) is 6.61 Å². The maximum Gasteiger partial charge on any atom is 0.345 e. The predicted octanol–water partition coefficient (Wildman–Crippen LogP) is 2.24. The third kappa shape index (κ3) is 3.29. The molecule has 0 aliphatic heterocycles. The molecule has 0 amide bonds. The van der Waals surface area contributed by atoms with E-state index in [9.17, 15) is 13.6 Å². The van der Waals surface area contributed by atoms with Gasteiger partial charge in [0.05, 0.1) is 6.61 Å².